The van der Waals surface area contributed by atoms with E-state index in [0.29, 0.717) is 47.7 Å². The number of amides is 1. The molecule has 1 aliphatic rings. The van der Waals surface area contributed by atoms with Gasteiger partial charge >= 0.3 is 5.97 Å². The van der Waals surface area contributed by atoms with Gasteiger partial charge in [-0.15, -0.1) is 11.3 Å². The lowest BCUT2D eigenvalue weighted by Gasteiger charge is -2.27. The van der Waals surface area contributed by atoms with Crippen LogP contribution in [0.4, 0.5) is 0 Å². The fraction of sp³-hybridized carbons (Fsp3) is 0.409. The van der Waals surface area contributed by atoms with Crippen LogP contribution in [-0.4, -0.2) is 42.7 Å². The molecule has 0 spiro atoms. The Kier molecular flexibility index (Phi) is 5.97. The zero-order valence-electron chi connectivity index (χ0n) is 17.6. The van der Waals surface area contributed by atoms with Crippen LogP contribution in [0.2, 0.25) is 0 Å². The molecule has 1 saturated heterocycles. The molecule has 1 amide bonds. The van der Waals surface area contributed by atoms with Crippen molar-refractivity contribution in [3.63, 3.8) is 0 Å². The van der Waals surface area contributed by atoms with E-state index < -0.39 is 11.5 Å². The molecule has 9 heteroatoms. The van der Waals surface area contributed by atoms with Gasteiger partial charge in [-0.3, -0.25) is 9.59 Å². The van der Waals surface area contributed by atoms with Crippen LogP contribution in [0, 0.1) is 13.8 Å². The molecule has 1 aliphatic heterocycles. The van der Waals surface area contributed by atoms with Gasteiger partial charge in [-0.05, 0) is 38.5 Å². The number of rotatable bonds is 7. The smallest absolute Gasteiger partial charge is 0.307 e. The van der Waals surface area contributed by atoms with Crippen LogP contribution < -0.4 is 10.1 Å². The maximum atomic E-state index is 13.2. The SMILES string of the molecule is COC(=O)CC1(NC(=O)c2c(C)oc3ccc(OCc4scnc4C)cc23)CCOC1. The van der Waals surface area contributed by atoms with E-state index in [2.05, 4.69) is 10.3 Å². The number of hydrogen-bond donors (Lipinski definition) is 1. The number of esters is 1. The molecule has 0 saturated carbocycles. The van der Waals surface area contributed by atoms with E-state index in [9.17, 15) is 9.59 Å². The Hall–Kier alpha value is -2.91. The molecule has 3 aromatic rings. The number of furan rings is 1. The molecule has 2 aromatic heterocycles. The molecule has 1 aromatic carbocycles. The van der Waals surface area contributed by atoms with E-state index in [1.807, 2.05) is 13.0 Å². The number of nitrogens with zero attached hydrogens (tertiary/aromatic N) is 1. The standard InChI is InChI=1S/C22H24N2O6S/c1-13-18(31-12-23-13)10-29-15-4-5-17-16(8-15)20(14(2)30-17)21(26)24-22(6-7-28-11-22)9-19(25)27-3/h4-5,8,12H,6-7,9-11H2,1-3H3,(H,24,26). The lowest BCUT2D eigenvalue weighted by Crippen LogP contribution is -2.50. The minimum Gasteiger partial charge on any atom is -0.488 e. The van der Waals surface area contributed by atoms with Crippen molar-refractivity contribution >= 4 is 34.2 Å². The van der Waals surface area contributed by atoms with Gasteiger partial charge in [0.1, 0.15) is 23.7 Å². The van der Waals surface area contributed by atoms with Gasteiger partial charge in [-0.2, -0.15) is 0 Å². The second-order valence-corrected chi connectivity index (χ2v) is 8.57. The fourth-order valence-electron chi connectivity index (χ4n) is 3.73. The lowest BCUT2D eigenvalue weighted by molar-refractivity contribution is -0.142. The highest BCUT2D eigenvalue weighted by molar-refractivity contribution is 7.09. The van der Waals surface area contributed by atoms with Crippen LogP contribution in [0.1, 0.15) is 39.5 Å². The number of nitrogens with one attached hydrogen (secondary N) is 1. The predicted octanol–water partition coefficient (Wildman–Crippen LogP) is 3.54. The third-order valence-electron chi connectivity index (χ3n) is 5.47. The fourth-order valence-corrected chi connectivity index (χ4v) is 4.41. The molecule has 0 bridgehead atoms. The minimum atomic E-state index is -0.794. The van der Waals surface area contributed by atoms with Crippen molar-refractivity contribution in [2.24, 2.45) is 0 Å². The molecule has 1 unspecified atom stereocenters. The molecule has 3 heterocycles. The van der Waals surface area contributed by atoms with Crippen molar-refractivity contribution in [2.45, 2.75) is 38.8 Å². The summed E-state index contributed by atoms with van der Waals surface area (Å²) >= 11 is 1.54. The first-order valence-corrected chi connectivity index (χ1v) is 10.8. The number of fused-ring (bicyclic) bond motifs is 1. The molecule has 4 rings (SSSR count). The van der Waals surface area contributed by atoms with Gasteiger partial charge in [0, 0.05) is 12.0 Å². The Bertz CT molecular complexity index is 1110. The maximum Gasteiger partial charge on any atom is 0.307 e. The molecule has 31 heavy (non-hydrogen) atoms. The van der Waals surface area contributed by atoms with Gasteiger partial charge in [0.15, 0.2) is 0 Å². The first-order valence-electron chi connectivity index (χ1n) is 9.93. The van der Waals surface area contributed by atoms with E-state index in [1.54, 1.807) is 35.9 Å². The van der Waals surface area contributed by atoms with Gasteiger partial charge in [0.2, 0.25) is 0 Å². The number of carbonyl (C=O) groups excluding carboxylic acids is 2. The second-order valence-electron chi connectivity index (χ2n) is 7.63. The Morgan fingerprint density at radius 2 is 2.16 bits per heavy atom. The largest absolute Gasteiger partial charge is 0.488 e. The zero-order valence-corrected chi connectivity index (χ0v) is 18.5. The van der Waals surface area contributed by atoms with Crippen molar-refractivity contribution in [1.29, 1.82) is 0 Å². The summed E-state index contributed by atoms with van der Waals surface area (Å²) in [5.41, 5.74) is 2.95. The Morgan fingerprint density at radius 3 is 2.84 bits per heavy atom. The van der Waals surface area contributed by atoms with E-state index in [0.717, 1.165) is 10.6 Å². The number of ether oxygens (including phenoxy) is 3. The van der Waals surface area contributed by atoms with Crippen LogP contribution in [-0.2, 0) is 20.9 Å². The van der Waals surface area contributed by atoms with Crippen molar-refractivity contribution in [1.82, 2.24) is 10.3 Å². The van der Waals surface area contributed by atoms with Crippen LogP contribution >= 0.6 is 11.3 Å². The average Bonchev–Trinajstić information content (AvgIpc) is 3.44. The monoisotopic (exact) mass is 444 g/mol. The summed E-state index contributed by atoms with van der Waals surface area (Å²) in [5, 5.41) is 3.66. The highest BCUT2D eigenvalue weighted by atomic mass is 32.1. The van der Waals surface area contributed by atoms with E-state index in [-0.39, 0.29) is 18.9 Å². The van der Waals surface area contributed by atoms with Crippen molar-refractivity contribution in [3.8, 4) is 5.75 Å². The van der Waals surface area contributed by atoms with Gasteiger partial charge < -0.3 is 23.9 Å². The molecule has 1 atom stereocenters. The first-order chi connectivity index (χ1) is 14.9. The molecule has 8 nitrogen and oxygen atoms in total. The normalized spacial score (nSPS) is 18.3. The molecule has 164 valence electrons. The zero-order chi connectivity index (χ0) is 22.0. The van der Waals surface area contributed by atoms with Crippen LogP contribution in [0.3, 0.4) is 0 Å². The summed E-state index contributed by atoms with van der Waals surface area (Å²) in [6.07, 6.45) is 0.581. The molecular formula is C22H24N2O6S. The van der Waals surface area contributed by atoms with E-state index in [4.69, 9.17) is 18.6 Å². The van der Waals surface area contributed by atoms with Crippen LogP contribution in [0.5, 0.6) is 5.75 Å². The number of benzene rings is 1. The van der Waals surface area contributed by atoms with Gasteiger partial charge in [0.25, 0.3) is 5.91 Å². The summed E-state index contributed by atoms with van der Waals surface area (Å²) in [6.45, 7) is 4.81. The third-order valence-corrected chi connectivity index (χ3v) is 6.38. The minimum absolute atomic E-state index is 0.0482. The van der Waals surface area contributed by atoms with Crippen molar-refractivity contribution in [2.75, 3.05) is 20.3 Å². The van der Waals surface area contributed by atoms with Crippen molar-refractivity contribution < 1.29 is 28.2 Å². The molecular weight excluding hydrogens is 420 g/mol. The topological polar surface area (TPSA) is 99.9 Å². The summed E-state index contributed by atoms with van der Waals surface area (Å²) in [6, 6.07) is 5.40. The second kappa shape index (κ2) is 8.68. The molecule has 0 radical (unpaired) electrons. The van der Waals surface area contributed by atoms with Crippen LogP contribution in [0.25, 0.3) is 11.0 Å². The number of aryl methyl sites for hydroxylation is 2. The third kappa shape index (κ3) is 4.42. The quantitative estimate of drug-likeness (QED) is 0.557. The highest BCUT2D eigenvalue weighted by Gasteiger charge is 2.40. The Morgan fingerprint density at radius 1 is 1.32 bits per heavy atom. The molecule has 0 aliphatic carbocycles. The predicted molar refractivity (Wildman–Crippen MR) is 114 cm³/mol. The number of hydrogen-bond acceptors (Lipinski definition) is 8. The van der Waals surface area contributed by atoms with Gasteiger partial charge in [-0.25, -0.2) is 4.98 Å². The lowest BCUT2D eigenvalue weighted by atomic mass is 9.93. The van der Waals surface area contributed by atoms with Crippen molar-refractivity contribution in [3.05, 3.63) is 45.6 Å². The number of methoxy groups -OCH3 is 1. The molecule has 1 N–H and O–H groups in total. The first kappa shape index (κ1) is 21.3. The number of carbonyl (C=O) groups is 2. The van der Waals surface area contributed by atoms with Gasteiger partial charge in [0.05, 0.1) is 47.3 Å². The average molecular weight is 445 g/mol. The summed E-state index contributed by atoms with van der Waals surface area (Å²) in [5.74, 6) is 0.411. The number of aromatic nitrogens is 1. The highest BCUT2D eigenvalue weighted by Crippen LogP contribution is 2.31. The molecule has 1 fully saturated rings. The maximum absolute atomic E-state index is 13.2. The van der Waals surface area contributed by atoms with E-state index >= 15 is 0 Å². The Balaban J connectivity index is 1.58. The van der Waals surface area contributed by atoms with E-state index in [1.165, 1.54) is 7.11 Å². The number of thiazole rings is 1. The van der Waals surface area contributed by atoms with Crippen LogP contribution in [0.15, 0.2) is 28.1 Å². The summed E-state index contributed by atoms with van der Waals surface area (Å²) in [4.78, 5) is 30.4. The summed E-state index contributed by atoms with van der Waals surface area (Å²) < 4.78 is 22.0. The Labute approximate surface area is 183 Å². The van der Waals surface area contributed by atoms with Gasteiger partial charge in [-0.1, -0.05) is 0 Å². The summed E-state index contributed by atoms with van der Waals surface area (Å²) in [7, 11) is 1.33.